The summed E-state index contributed by atoms with van der Waals surface area (Å²) >= 11 is 0. The fourth-order valence-corrected chi connectivity index (χ4v) is 0.578. The third-order valence-corrected chi connectivity index (χ3v) is 1.10. The molecule has 10 heavy (non-hydrogen) atoms. The number of hydrogen-bond acceptors (Lipinski definition) is 5. The molecule has 0 aliphatic carbocycles. The monoisotopic (exact) mass is 146 g/mol. The highest BCUT2D eigenvalue weighted by atomic mass is 16.7. The van der Waals surface area contributed by atoms with Gasteiger partial charge in [0.05, 0.1) is 6.61 Å². The fraction of sp³-hybridized carbons (Fsp3) is 0.600. The van der Waals surface area contributed by atoms with E-state index in [9.17, 15) is 9.59 Å². The van der Waals surface area contributed by atoms with Gasteiger partial charge in [0.2, 0.25) is 5.78 Å². The molecule has 0 aromatic rings. The van der Waals surface area contributed by atoms with E-state index >= 15 is 0 Å². The molecule has 56 valence electrons. The van der Waals surface area contributed by atoms with Gasteiger partial charge in [-0.2, -0.15) is 0 Å². The molecule has 0 radical (unpaired) electrons. The van der Waals surface area contributed by atoms with Crippen molar-refractivity contribution in [1.29, 1.82) is 0 Å². The van der Waals surface area contributed by atoms with E-state index in [0.29, 0.717) is 0 Å². The predicted octanol–water partition coefficient (Wildman–Crippen LogP) is -0.917. The van der Waals surface area contributed by atoms with E-state index in [0.717, 1.165) is 0 Å². The van der Waals surface area contributed by atoms with Crippen molar-refractivity contribution >= 4 is 11.9 Å². The van der Waals surface area contributed by atoms with Gasteiger partial charge in [-0.1, -0.05) is 0 Å². The smallest absolute Gasteiger partial charge is 0.426 e. The molecule has 0 amide bonds. The number of rotatable bonds is 1. The lowest BCUT2D eigenvalue weighted by molar-refractivity contribution is -0.141. The molecule has 1 aliphatic rings. The molecule has 1 aliphatic heterocycles. The van der Waals surface area contributed by atoms with Gasteiger partial charge in [0.15, 0.2) is 12.7 Å². The van der Waals surface area contributed by atoms with Crippen LogP contribution >= 0.6 is 0 Å². The van der Waals surface area contributed by atoms with Gasteiger partial charge in [-0.25, -0.2) is 4.79 Å². The Bertz CT molecular complexity index is 163. The Morgan fingerprint density at radius 3 is 2.80 bits per heavy atom. The van der Waals surface area contributed by atoms with Crippen molar-refractivity contribution in [2.75, 3.05) is 13.2 Å². The largest absolute Gasteiger partial charge is 0.509 e. The lowest BCUT2D eigenvalue weighted by atomic mass is 10.2. The molecule has 1 atom stereocenters. The molecule has 1 N–H and O–H groups in total. The first-order valence-electron chi connectivity index (χ1n) is 2.71. The molecule has 0 bridgehead atoms. The minimum atomic E-state index is -1.03. The summed E-state index contributed by atoms with van der Waals surface area (Å²) in [7, 11) is 0. The van der Waals surface area contributed by atoms with Crippen LogP contribution in [-0.4, -0.2) is 36.4 Å². The van der Waals surface area contributed by atoms with Crippen LogP contribution in [0.1, 0.15) is 0 Å². The van der Waals surface area contributed by atoms with E-state index in [1.165, 1.54) is 0 Å². The first-order chi connectivity index (χ1) is 4.74. The van der Waals surface area contributed by atoms with Crippen LogP contribution in [-0.2, 0) is 14.3 Å². The number of Topliss-reactive ketones (excluding diaryl/α,β-unsaturated/α-hetero) is 1. The van der Waals surface area contributed by atoms with Crippen molar-refractivity contribution in [3.8, 4) is 0 Å². The maximum atomic E-state index is 10.6. The maximum Gasteiger partial charge on any atom is 0.509 e. The molecule has 1 rings (SSSR count). The van der Waals surface area contributed by atoms with Crippen molar-refractivity contribution < 1.29 is 24.2 Å². The standard InChI is InChI=1S/C5H6O5/c6-1-4-3(7)2-9-5(8)10-4/h4,6H,1-2H2. The Labute approximate surface area is 56.5 Å². The second-order valence-corrected chi connectivity index (χ2v) is 1.79. The third-order valence-electron chi connectivity index (χ3n) is 1.10. The zero-order valence-electron chi connectivity index (χ0n) is 5.07. The van der Waals surface area contributed by atoms with Crippen LogP contribution in [0.4, 0.5) is 4.79 Å². The summed E-state index contributed by atoms with van der Waals surface area (Å²) in [6.07, 6.45) is -1.93. The summed E-state index contributed by atoms with van der Waals surface area (Å²) in [5, 5.41) is 8.43. The van der Waals surface area contributed by atoms with Gasteiger partial charge in [0.25, 0.3) is 0 Å². The Balaban J connectivity index is 2.53. The zero-order valence-corrected chi connectivity index (χ0v) is 5.07. The van der Waals surface area contributed by atoms with Crippen LogP contribution in [0.3, 0.4) is 0 Å². The third kappa shape index (κ3) is 1.24. The Morgan fingerprint density at radius 2 is 2.30 bits per heavy atom. The fourth-order valence-electron chi connectivity index (χ4n) is 0.578. The van der Waals surface area contributed by atoms with Crippen LogP contribution in [0.2, 0.25) is 0 Å². The first kappa shape index (κ1) is 7.01. The summed E-state index contributed by atoms with van der Waals surface area (Å²) in [4.78, 5) is 20.9. The number of ether oxygens (including phenoxy) is 2. The molecular formula is C5H6O5. The number of carbonyl (C=O) groups excluding carboxylic acids is 2. The predicted molar refractivity (Wildman–Crippen MR) is 28.3 cm³/mol. The van der Waals surface area contributed by atoms with Crippen molar-refractivity contribution in [1.82, 2.24) is 0 Å². The molecule has 5 nitrogen and oxygen atoms in total. The minimum absolute atomic E-state index is 0.302. The van der Waals surface area contributed by atoms with E-state index in [1.54, 1.807) is 0 Å². The van der Waals surface area contributed by atoms with Gasteiger partial charge < -0.3 is 14.6 Å². The SMILES string of the molecule is O=C1OCC(=O)C(CO)O1. The number of ketones is 1. The Hall–Kier alpha value is -1.10. The molecule has 1 saturated heterocycles. The molecule has 0 saturated carbocycles. The second kappa shape index (κ2) is 2.66. The summed E-state index contributed by atoms with van der Waals surface area (Å²) < 4.78 is 8.49. The molecule has 0 aromatic carbocycles. The van der Waals surface area contributed by atoms with E-state index in [1.807, 2.05) is 0 Å². The van der Waals surface area contributed by atoms with Crippen molar-refractivity contribution in [2.45, 2.75) is 6.10 Å². The number of aliphatic hydroxyl groups is 1. The Kier molecular flexibility index (Phi) is 1.86. The van der Waals surface area contributed by atoms with Crippen LogP contribution in [0.5, 0.6) is 0 Å². The van der Waals surface area contributed by atoms with Gasteiger partial charge in [-0.05, 0) is 0 Å². The van der Waals surface area contributed by atoms with Crippen LogP contribution < -0.4 is 0 Å². The molecular weight excluding hydrogens is 140 g/mol. The van der Waals surface area contributed by atoms with Gasteiger partial charge in [0.1, 0.15) is 0 Å². The van der Waals surface area contributed by atoms with Crippen molar-refractivity contribution in [3.05, 3.63) is 0 Å². The lowest BCUT2D eigenvalue weighted by Gasteiger charge is -2.18. The van der Waals surface area contributed by atoms with E-state index in [-0.39, 0.29) is 6.61 Å². The summed E-state index contributed by atoms with van der Waals surface area (Å²) in [6, 6.07) is 0. The highest BCUT2D eigenvalue weighted by Gasteiger charge is 2.28. The number of carbonyl (C=O) groups is 2. The number of cyclic esters (lactones) is 2. The average molecular weight is 146 g/mol. The number of aliphatic hydroxyl groups excluding tert-OH is 1. The van der Waals surface area contributed by atoms with Crippen molar-refractivity contribution in [3.63, 3.8) is 0 Å². The summed E-state index contributed by atoms with van der Waals surface area (Å²) in [5.41, 5.74) is 0. The second-order valence-electron chi connectivity index (χ2n) is 1.79. The van der Waals surface area contributed by atoms with Gasteiger partial charge in [-0.3, -0.25) is 4.79 Å². The average Bonchev–Trinajstić information content (AvgIpc) is 1.94. The maximum absolute atomic E-state index is 10.6. The molecule has 1 heterocycles. The number of hydrogen-bond donors (Lipinski definition) is 1. The van der Waals surface area contributed by atoms with Crippen LogP contribution in [0.15, 0.2) is 0 Å². The molecule has 1 unspecified atom stereocenters. The zero-order chi connectivity index (χ0) is 7.56. The van der Waals surface area contributed by atoms with E-state index in [2.05, 4.69) is 9.47 Å². The highest BCUT2D eigenvalue weighted by Crippen LogP contribution is 2.03. The van der Waals surface area contributed by atoms with Crippen molar-refractivity contribution in [2.24, 2.45) is 0 Å². The summed E-state index contributed by atoms with van der Waals surface area (Å²) in [5.74, 6) is -0.415. The molecule has 5 heteroatoms. The minimum Gasteiger partial charge on any atom is -0.426 e. The Morgan fingerprint density at radius 1 is 1.60 bits per heavy atom. The first-order valence-corrected chi connectivity index (χ1v) is 2.71. The summed E-state index contributed by atoms with van der Waals surface area (Å²) in [6.45, 7) is -0.780. The molecule has 1 fully saturated rings. The normalized spacial score (nSPS) is 25.5. The van der Waals surface area contributed by atoms with Gasteiger partial charge in [-0.15, -0.1) is 0 Å². The van der Waals surface area contributed by atoms with E-state index in [4.69, 9.17) is 5.11 Å². The van der Waals surface area contributed by atoms with Gasteiger partial charge >= 0.3 is 6.16 Å². The topological polar surface area (TPSA) is 72.8 Å². The molecule has 0 aromatic heterocycles. The molecule has 0 spiro atoms. The highest BCUT2D eigenvalue weighted by molar-refractivity contribution is 5.89. The van der Waals surface area contributed by atoms with Gasteiger partial charge in [0, 0.05) is 0 Å². The quantitative estimate of drug-likeness (QED) is 0.484. The van der Waals surface area contributed by atoms with Crippen LogP contribution in [0, 0.1) is 0 Å². The van der Waals surface area contributed by atoms with Crippen LogP contribution in [0.25, 0.3) is 0 Å². The lowest BCUT2D eigenvalue weighted by Crippen LogP contribution is -2.39. The van der Waals surface area contributed by atoms with E-state index < -0.39 is 24.6 Å².